The van der Waals surface area contributed by atoms with E-state index in [1.165, 1.54) is 7.11 Å². The molecule has 0 heterocycles. The van der Waals surface area contributed by atoms with Gasteiger partial charge >= 0.3 is 0 Å². The van der Waals surface area contributed by atoms with E-state index in [4.69, 9.17) is 14.9 Å². The summed E-state index contributed by atoms with van der Waals surface area (Å²) in [5.41, 5.74) is 0. The van der Waals surface area contributed by atoms with Crippen LogP contribution >= 0.6 is 0 Å². The summed E-state index contributed by atoms with van der Waals surface area (Å²) in [6, 6.07) is 0. The van der Waals surface area contributed by atoms with Crippen molar-refractivity contribution in [3.8, 4) is 0 Å². The first-order chi connectivity index (χ1) is 3.75. The summed E-state index contributed by atoms with van der Waals surface area (Å²) >= 11 is 0. The quantitative estimate of drug-likeness (QED) is 0.470. The van der Waals surface area contributed by atoms with Crippen LogP contribution in [0.4, 0.5) is 0 Å². The lowest BCUT2D eigenvalue weighted by Crippen LogP contribution is -2.51. The second-order valence-electron chi connectivity index (χ2n) is 2.07. The van der Waals surface area contributed by atoms with Gasteiger partial charge in [0.05, 0.1) is 12.2 Å². The van der Waals surface area contributed by atoms with Crippen molar-refractivity contribution in [3.63, 3.8) is 0 Å². The molecule has 1 rings (SSSR count). The van der Waals surface area contributed by atoms with Crippen molar-refractivity contribution in [2.45, 2.75) is 24.7 Å². The molecule has 2 N–H and O–H groups in total. The van der Waals surface area contributed by atoms with Gasteiger partial charge in [0.1, 0.15) is 6.10 Å². The number of rotatable bonds is 1. The fraction of sp³-hybridized carbons (Fsp3) is 1.00. The summed E-state index contributed by atoms with van der Waals surface area (Å²) < 4.78 is 4.76. The smallest absolute Gasteiger partial charge is 0.106 e. The molecule has 1 saturated carbocycles. The van der Waals surface area contributed by atoms with Gasteiger partial charge in [-0.1, -0.05) is 0 Å². The van der Waals surface area contributed by atoms with Gasteiger partial charge in [0.2, 0.25) is 0 Å². The predicted octanol–water partition coefficient (Wildman–Crippen LogP) is -0.873. The molecule has 1 aliphatic carbocycles. The monoisotopic (exact) mass is 118 g/mol. The summed E-state index contributed by atoms with van der Waals surface area (Å²) in [5, 5.41) is 17.5. The van der Waals surface area contributed by atoms with Crippen LogP contribution in [0.15, 0.2) is 0 Å². The third-order valence-electron chi connectivity index (χ3n) is 1.55. The lowest BCUT2D eigenvalue weighted by Gasteiger charge is -2.36. The first kappa shape index (κ1) is 6.01. The van der Waals surface area contributed by atoms with Gasteiger partial charge in [0.15, 0.2) is 0 Å². The largest absolute Gasteiger partial charge is 0.390 e. The molecular weight excluding hydrogens is 108 g/mol. The van der Waals surface area contributed by atoms with Crippen molar-refractivity contribution in [2.24, 2.45) is 0 Å². The Morgan fingerprint density at radius 2 is 2.12 bits per heavy atom. The fourth-order valence-electron chi connectivity index (χ4n) is 0.804. The number of hydrogen-bond acceptors (Lipinski definition) is 3. The summed E-state index contributed by atoms with van der Waals surface area (Å²) in [6.45, 7) is 0. The minimum atomic E-state index is -0.653. The Hall–Kier alpha value is -0.120. The highest BCUT2D eigenvalue weighted by molar-refractivity contribution is 4.89. The van der Waals surface area contributed by atoms with Crippen molar-refractivity contribution >= 4 is 0 Å². The molecule has 8 heavy (non-hydrogen) atoms. The van der Waals surface area contributed by atoms with E-state index in [0.717, 1.165) is 0 Å². The van der Waals surface area contributed by atoms with E-state index in [0.29, 0.717) is 6.42 Å². The van der Waals surface area contributed by atoms with Crippen LogP contribution in [-0.2, 0) is 4.74 Å². The van der Waals surface area contributed by atoms with Crippen molar-refractivity contribution in [2.75, 3.05) is 7.11 Å². The zero-order valence-corrected chi connectivity index (χ0v) is 4.74. The standard InChI is InChI=1S/C5H10O3/c1-8-4-2-3(6)5(4)7/h3-7H,2H2,1H3/t3-,4+,5-/m1/s1. The maximum Gasteiger partial charge on any atom is 0.106 e. The molecule has 3 nitrogen and oxygen atoms in total. The zero-order valence-electron chi connectivity index (χ0n) is 4.74. The van der Waals surface area contributed by atoms with Gasteiger partial charge < -0.3 is 14.9 Å². The Labute approximate surface area is 47.9 Å². The lowest BCUT2D eigenvalue weighted by molar-refractivity contribution is -0.156. The topological polar surface area (TPSA) is 49.7 Å². The highest BCUT2D eigenvalue weighted by Gasteiger charge is 2.38. The van der Waals surface area contributed by atoms with E-state index in [9.17, 15) is 0 Å². The van der Waals surface area contributed by atoms with Crippen LogP contribution in [0.25, 0.3) is 0 Å². The number of ether oxygens (including phenoxy) is 1. The Kier molecular flexibility index (Phi) is 1.51. The zero-order chi connectivity index (χ0) is 6.15. The molecule has 3 atom stereocenters. The SMILES string of the molecule is CO[C@H]1C[C@@H](O)[C@H]1O. The van der Waals surface area contributed by atoms with Crippen LogP contribution in [-0.4, -0.2) is 35.6 Å². The second-order valence-corrected chi connectivity index (χ2v) is 2.07. The van der Waals surface area contributed by atoms with Crippen LogP contribution in [0.1, 0.15) is 6.42 Å². The molecular formula is C5H10O3. The van der Waals surface area contributed by atoms with E-state index in [1.807, 2.05) is 0 Å². The third kappa shape index (κ3) is 0.727. The van der Waals surface area contributed by atoms with E-state index in [2.05, 4.69) is 0 Å². The van der Waals surface area contributed by atoms with Crippen molar-refractivity contribution < 1.29 is 14.9 Å². The molecule has 0 aromatic carbocycles. The Bertz CT molecular complexity index is 83.7. The highest BCUT2D eigenvalue weighted by Crippen LogP contribution is 2.22. The van der Waals surface area contributed by atoms with Gasteiger partial charge in [-0.3, -0.25) is 0 Å². The van der Waals surface area contributed by atoms with E-state index >= 15 is 0 Å². The van der Waals surface area contributed by atoms with Gasteiger partial charge in [-0.05, 0) is 0 Å². The molecule has 0 unspecified atom stereocenters. The van der Waals surface area contributed by atoms with Gasteiger partial charge in [-0.2, -0.15) is 0 Å². The van der Waals surface area contributed by atoms with Crippen LogP contribution in [0.2, 0.25) is 0 Å². The predicted molar refractivity (Wildman–Crippen MR) is 27.4 cm³/mol. The second kappa shape index (κ2) is 2.01. The molecule has 0 spiro atoms. The van der Waals surface area contributed by atoms with Crippen LogP contribution in [0, 0.1) is 0 Å². The van der Waals surface area contributed by atoms with Crippen LogP contribution < -0.4 is 0 Å². The Morgan fingerprint density at radius 3 is 2.25 bits per heavy atom. The molecule has 1 aliphatic rings. The molecule has 0 saturated heterocycles. The molecule has 0 radical (unpaired) electrons. The number of aliphatic hydroxyl groups is 2. The average molecular weight is 118 g/mol. The van der Waals surface area contributed by atoms with Crippen molar-refractivity contribution in [3.05, 3.63) is 0 Å². The molecule has 0 amide bonds. The van der Waals surface area contributed by atoms with Gasteiger partial charge in [0, 0.05) is 13.5 Å². The maximum absolute atomic E-state index is 8.80. The van der Waals surface area contributed by atoms with Crippen molar-refractivity contribution in [1.29, 1.82) is 0 Å². The number of aliphatic hydroxyl groups excluding tert-OH is 2. The first-order valence-electron chi connectivity index (χ1n) is 2.64. The number of methoxy groups -OCH3 is 1. The molecule has 1 fully saturated rings. The molecule has 0 aromatic rings. The number of hydrogen-bond donors (Lipinski definition) is 2. The molecule has 0 aliphatic heterocycles. The maximum atomic E-state index is 8.80. The minimum absolute atomic E-state index is 0.134. The highest BCUT2D eigenvalue weighted by atomic mass is 16.5. The van der Waals surface area contributed by atoms with Gasteiger partial charge in [-0.15, -0.1) is 0 Å². The third-order valence-corrected chi connectivity index (χ3v) is 1.55. The van der Waals surface area contributed by atoms with Gasteiger partial charge in [0.25, 0.3) is 0 Å². The molecule has 48 valence electrons. The normalized spacial score (nSPS) is 46.1. The Morgan fingerprint density at radius 1 is 1.50 bits per heavy atom. The summed E-state index contributed by atoms with van der Waals surface area (Å²) in [5.74, 6) is 0. The van der Waals surface area contributed by atoms with Gasteiger partial charge in [-0.25, -0.2) is 0 Å². The Balaban J connectivity index is 2.25. The lowest BCUT2D eigenvalue weighted by atomic mass is 9.88. The molecule has 3 heteroatoms. The van der Waals surface area contributed by atoms with Crippen LogP contribution in [0.3, 0.4) is 0 Å². The minimum Gasteiger partial charge on any atom is -0.390 e. The molecule has 0 bridgehead atoms. The average Bonchev–Trinajstić information content (AvgIpc) is 1.81. The van der Waals surface area contributed by atoms with Crippen LogP contribution in [0.5, 0.6) is 0 Å². The fourth-order valence-corrected chi connectivity index (χ4v) is 0.804. The summed E-state index contributed by atoms with van der Waals surface area (Å²) in [7, 11) is 1.53. The van der Waals surface area contributed by atoms with E-state index < -0.39 is 12.2 Å². The molecule has 0 aromatic heterocycles. The summed E-state index contributed by atoms with van der Waals surface area (Å²) in [6.07, 6.45) is -0.776. The van der Waals surface area contributed by atoms with E-state index in [1.54, 1.807) is 0 Å². The summed E-state index contributed by atoms with van der Waals surface area (Å²) in [4.78, 5) is 0. The van der Waals surface area contributed by atoms with Crippen molar-refractivity contribution in [1.82, 2.24) is 0 Å². The first-order valence-corrected chi connectivity index (χ1v) is 2.64. The van der Waals surface area contributed by atoms with E-state index in [-0.39, 0.29) is 6.10 Å².